The van der Waals surface area contributed by atoms with Gasteiger partial charge in [-0.25, -0.2) is 14.8 Å². The normalized spacial score (nSPS) is 13.1. The Morgan fingerprint density at radius 3 is 2.44 bits per heavy atom. The van der Waals surface area contributed by atoms with Crippen LogP contribution in [0.4, 0.5) is 4.79 Å². The quantitative estimate of drug-likeness (QED) is 0.494. The van der Waals surface area contributed by atoms with Gasteiger partial charge in [-0.15, -0.1) is 0 Å². The number of hydrogen-bond donors (Lipinski definition) is 2. The summed E-state index contributed by atoms with van der Waals surface area (Å²) in [5.41, 5.74) is 2.98. The molecule has 1 atom stereocenters. The van der Waals surface area contributed by atoms with Crippen LogP contribution in [0.2, 0.25) is 0 Å². The summed E-state index contributed by atoms with van der Waals surface area (Å²) in [5, 5.41) is 4.84. The fraction of sp³-hybridized carbons (Fsp3) is 0.208. The first-order valence-corrected chi connectivity index (χ1v) is 10.5. The summed E-state index contributed by atoms with van der Waals surface area (Å²) in [6.07, 6.45) is 3.46. The summed E-state index contributed by atoms with van der Waals surface area (Å²) in [4.78, 5) is 46.0. The van der Waals surface area contributed by atoms with E-state index in [1.54, 1.807) is 37.6 Å². The van der Waals surface area contributed by atoms with Gasteiger partial charge in [-0.1, -0.05) is 30.3 Å². The first-order valence-electron chi connectivity index (χ1n) is 10.5. The molecule has 10 nitrogen and oxygen atoms in total. The van der Waals surface area contributed by atoms with E-state index in [1.807, 2.05) is 36.4 Å². The van der Waals surface area contributed by atoms with Gasteiger partial charge in [-0.3, -0.25) is 14.9 Å². The fourth-order valence-electron chi connectivity index (χ4n) is 3.76. The van der Waals surface area contributed by atoms with Crippen molar-refractivity contribution in [2.75, 3.05) is 20.8 Å². The Hall–Kier alpha value is -4.47. The Kier molecular flexibility index (Phi) is 6.67. The third-order valence-corrected chi connectivity index (χ3v) is 5.53. The van der Waals surface area contributed by atoms with Crippen molar-refractivity contribution in [2.45, 2.75) is 12.6 Å². The van der Waals surface area contributed by atoms with Crippen LogP contribution in [0, 0.1) is 0 Å². The number of carbonyl (C=O) groups excluding carboxylic acids is 3. The highest BCUT2D eigenvalue weighted by molar-refractivity contribution is 5.98. The Morgan fingerprint density at radius 1 is 1.09 bits per heavy atom. The van der Waals surface area contributed by atoms with Gasteiger partial charge in [0.2, 0.25) is 6.41 Å². The van der Waals surface area contributed by atoms with Gasteiger partial charge in [-0.05, 0) is 23.3 Å². The highest BCUT2D eigenvalue weighted by atomic mass is 16.5. The van der Waals surface area contributed by atoms with Gasteiger partial charge in [0.1, 0.15) is 5.75 Å². The molecule has 0 saturated carbocycles. The first-order chi connectivity index (χ1) is 16.5. The lowest BCUT2D eigenvalue weighted by Gasteiger charge is -2.25. The predicted molar refractivity (Wildman–Crippen MR) is 122 cm³/mol. The van der Waals surface area contributed by atoms with Crippen molar-refractivity contribution in [3.8, 4) is 22.9 Å². The molecule has 4 amide bonds. The smallest absolute Gasteiger partial charge is 0.321 e. The number of urea groups is 1. The minimum atomic E-state index is -0.659. The topological polar surface area (TPSA) is 123 Å². The molecule has 0 fully saturated rings. The van der Waals surface area contributed by atoms with Crippen molar-refractivity contribution >= 4 is 18.3 Å². The van der Waals surface area contributed by atoms with Gasteiger partial charge in [0.25, 0.3) is 5.91 Å². The maximum absolute atomic E-state index is 13.0. The molecule has 3 aromatic rings. The summed E-state index contributed by atoms with van der Waals surface area (Å²) in [7, 11) is 3.09. The van der Waals surface area contributed by atoms with E-state index in [2.05, 4.69) is 20.6 Å². The number of carbonyl (C=O) groups is 3. The number of benzene rings is 2. The van der Waals surface area contributed by atoms with Crippen LogP contribution in [-0.2, 0) is 11.3 Å². The molecule has 174 valence electrons. The van der Waals surface area contributed by atoms with Gasteiger partial charge in [-0.2, -0.15) is 0 Å². The van der Waals surface area contributed by atoms with Crippen LogP contribution in [-0.4, -0.2) is 54.0 Å². The molecule has 0 spiro atoms. The molecule has 2 heterocycles. The van der Waals surface area contributed by atoms with E-state index >= 15 is 0 Å². The van der Waals surface area contributed by atoms with Crippen molar-refractivity contribution in [1.29, 1.82) is 0 Å². The summed E-state index contributed by atoms with van der Waals surface area (Å²) in [5.74, 6) is 1.53. The van der Waals surface area contributed by atoms with Gasteiger partial charge in [0.15, 0.2) is 11.6 Å². The molecular formula is C24H23N5O5. The summed E-state index contributed by atoms with van der Waals surface area (Å²) in [6.45, 7) is 0.615. The minimum Gasteiger partial charge on any atom is -0.497 e. The molecule has 4 rings (SSSR count). The lowest BCUT2D eigenvalue weighted by molar-refractivity contribution is -0.108. The molecule has 10 heteroatoms. The number of aromatic nitrogens is 2. The van der Waals surface area contributed by atoms with E-state index in [0.29, 0.717) is 35.8 Å². The fourth-order valence-corrected chi connectivity index (χ4v) is 3.76. The molecule has 2 N–H and O–H groups in total. The van der Waals surface area contributed by atoms with E-state index in [9.17, 15) is 14.4 Å². The SMILES string of the molecule is COc1cnc(-c2ccc([C@H](CN3Cc4ccc(OC)cc4C3=O)NC(=O)NC=O)cc2)nc1. The number of ether oxygens (including phenoxy) is 2. The molecule has 1 aliphatic heterocycles. The maximum atomic E-state index is 13.0. The molecular weight excluding hydrogens is 438 g/mol. The van der Waals surface area contributed by atoms with Gasteiger partial charge in [0.05, 0.1) is 32.7 Å². The van der Waals surface area contributed by atoms with Crippen molar-refractivity contribution in [2.24, 2.45) is 0 Å². The maximum Gasteiger partial charge on any atom is 0.321 e. The zero-order valence-electron chi connectivity index (χ0n) is 18.6. The summed E-state index contributed by atoms with van der Waals surface area (Å²) in [6, 6.07) is 11.5. The largest absolute Gasteiger partial charge is 0.497 e. The van der Waals surface area contributed by atoms with Crippen molar-refractivity contribution < 1.29 is 23.9 Å². The molecule has 34 heavy (non-hydrogen) atoms. The lowest BCUT2D eigenvalue weighted by atomic mass is 10.0. The average Bonchev–Trinajstić information content (AvgIpc) is 3.18. The number of hydrogen-bond acceptors (Lipinski definition) is 7. The molecule has 0 saturated heterocycles. The second-order valence-corrected chi connectivity index (χ2v) is 7.57. The highest BCUT2D eigenvalue weighted by Crippen LogP contribution is 2.29. The van der Waals surface area contributed by atoms with E-state index < -0.39 is 12.1 Å². The molecule has 0 unspecified atom stereocenters. The van der Waals surface area contributed by atoms with Crippen LogP contribution in [0.1, 0.15) is 27.5 Å². The second-order valence-electron chi connectivity index (χ2n) is 7.57. The monoisotopic (exact) mass is 461 g/mol. The number of methoxy groups -OCH3 is 2. The molecule has 0 aliphatic carbocycles. The van der Waals surface area contributed by atoms with E-state index in [-0.39, 0.29) is 12.5 Å². The van der Waals surface area contributed by atoms with Gasteiger partial charge >= 0.3 is 6.03 Å². The zero-order chi connectivity index (χ0) is 24.1. The van der Waals surface area contributed by atoms with Crippen LogP contribution in [0.5, 0.6) is 11.5 Å². The molecule has 0 bridgehead atoms. The zero-order valence-corrected chi connectivity index (χ0v) is 18.6. The molecule has 0 radical (unpaired) electrons. The third-order valence-electron chi connectivity index (χ3n) is 5.53. The van der Waals surface area contributed by atoms with Gasteiger partial charge < -0.3 is 19.7 Å². The average molecular weight is 461 g/mol. The van der Waals surface area contributed by atoms with Crippen LogP contribution in [0.3, 0.4) is 0 Å². The lowest BCUT2D eigenvalue weighted by Crippen LogP contribution is -2.42. The van der Waals surface area contributed by atoms with Crippen molar-refractivity contribution in [3.05, 3.63) is 71.5 Å². The molecule has 1 aliphatic rings. The predicted octanol–water partition coefficient (Wildman–Crippen LogP) is 2.31. The van der Waals surface area contributed by atoms with Crippen LogP contribution in [0.15, 0.2) is 54.9 Å². The van der Waals surface area contributed by atoms with Crippen LogP contribution in [0.25, 0.3) is 11.4 Å². The number of nitrogens with zero attached hydrogens (tertiary/aromatic N) is 3. The molecule has 2 aromatic carbocycles. The minimum absolute atomic E-state index is 0.153. The number of amides is 4. The Morgan fingerprint density at radius 2 is 1.79 bits per heavy atom. The standard InChI is InChI=1S/C24H23N5O5/c1-33-18-8-7-17-12-29(23(31)20(17)9-18)13-21(28-24(32)27-14-30)15-3-5-16(6-4-15)22-25-10-19(34-2)11-26-22/h3-11,14,21H,12-13H2,1-2H3,(H2,27,28,30,32)/t21-/m0/s1. The van der Waals surface area contributed by atoms with Crippen molar-refractivity contribution in [1.82, 2.24) is 25.5 Å². The second kappa shape index (κ2) is 9.99. The summed E-state index contributed by atoms with van der Waals surface area (Å²) < 4.78 is 10.3. The van der Waals surface area contributed by atoms with Crippen LogP contribution < -0.4 is 20.1 Å². The number of rotatable bonds is 8. The van der Waals surface area contributed by atoms with E-state index in [1.165, 1.54) is 0 Å². The van der Waals surface area contributed by atoms with Crippen molar-refractivity contribution in [3.63, 3.8) is 0 Å². The Bertz CT molecular complexity index is 1200. The number of fused-ring (bicyclic) bond motifs is 1. The Labute approximate surface area is 195 Å². The van der Waals surface area contributed by atoms with Gasteiger partial charge in [0, 0.05) is 24.2 Å². The number of nitrogens with one attached hydrogen (secondary N) is 2. The Balaban J connectivity index is 1.55. The molecule has 1 aromatic heterocycles. The van der Waals surface area contributed by atoms with Crippen LogP contribution >= 0.6 is 0 Å². The van der Waals surface area contributed by atoms with E-state index in [0.717, 1.165) is 16.7 Å². The summed E-state index contributed by atoms with van der Waals surface area (Å²) >= 11 is 0. The number of imide groups is 1. The van der Waals surface area contributed by atoms with E-state index in [4.69, 9.17) is 9.47 Å². The first kappa shape index (κ1) is 22.7. The highest BCUT2D eigenvalue weighted by Gasteiger charge is 2.30. The third kappa shape index (κ3) is 4.80.